The third kappa shape index (κ3) is 9.37. The summed E-state index contributed by atoms with van der Waals surface area (Å²) in [5.41, 5.74) is 1.70. The largest absolute Gasteiger partial charge is 0.494 e. The van der Waals surface area contributed by atoms with Gasteiger partial charge in [-0.3, -0.25) is 13.9 Å². The topological polar surface area (TPSA) is 96.0 Å². The average molecular weight is 635 g/mol. The maximum Gasteiger partial charge on any atom is 0.244 e. The van der Waals surface area contributed by atoms with E-state index in [9.17, 15) is 18.0 Å². The van der Waals surface area contributed by atoms with Crippen molar-refractivity contribution in [1.29, 1.82) is 0 Å². The van der Waals surface area contributed by atoms with Gasteiger partial charge in [0.15, 0.2) is 0 Å². The Labute approximate surface area is 258 Å². The van der Waals surface area contributed by atoms with E-state index in [0.29, 0.717) is 40.1 Å². The fourth-order valence-corrected chi connectivity index (χ4v) is 5.64. The molecule has 226 valence electrons. The van der Waals surface area contributed by atoms with Crippen molar-refractivity contribution in [3.63, 3.8) is 0 Å². The molecular weight excluding hydrogens is 597 g/mol. The van der Waals surface area contributed by atoms with E-state index in [0.717, 1.165) is 16.1 Å². The Morgan fingerprint density at radius 2 is 1.64 bits per heavy atom. The number of amides is 2. The summed E-state index contributed by atoms with van der Waals surface area (Å²) >= 11 is 12.6. The first-order valence-corrected chi connectivity index (χ1v) is 16.3. The molecule has 0 fully saturated rings. The monoisotopic (exact) mass is 633 g/mol. The molecular formula is C31H37Cl2N3O5S. The van der Waals surface area contributed by atoms with E-state index in [4.69, 9.17) is 27.9 Å². The highest BCUT2D eigenvalue weighted by molar-refractivity contribution is 7.92. The highest BCUT2D eigenvalue weighted by atomic mass is 35.5. The maximum absolute atomic E-state index is 14.2. The summed E-state index contributed by atoms with van der Waals surface area (Å²) in [5.74, 6) is -0.344. The fraction of sp³-hybridized carbons (Fsp3) is 0.355. The van der Waals surface area contributed by atoms with Gasteiger partial charge in [-0.05, 0) is 67.8 Å². The summed E-state index contributed by atoms with van der Waals surface area (Å²) in [6.45, 7) is 5.57. The number of hydrogen-bond acceptors (Lipinski definition) is 5. The second kappa shape index (κ2) is 15.3. The number of nitrogens with one attached hydrogen (secondary N) is 1. The Hall–Kier alpha value is -3.27. The quantitative estimate of drug-likeness (QED) is 0.245. The molecule has 2 atom stereocenters. The van der Waals surface area contributed by atoms with Gasteiger partial charge < -0.3 is 15.0 Å². The Morgan fingerprint density at radius 3 is 2.21 bits per heavy atom. The number of hydrogen-bond donors (Lipinski definition) is 1. The first-order chi connectivity index (χ1) is 19.9. The van der Waals surface area contributed by atoms with Crippen molar-refractivity contribution in [2.24, 2.45) is 0 Å². The highest BCUT2D eigenvalue weighted by Gasteiger charge is 2.33. The van der Waals surface area contributed by atoms with Crippen LogP contribution in [0.1, 0.15) is 38.3 Å². The lowest BCUT2D eigenvalue weighted by atomic mass is 10.0. The van der Waals surface area contributed by atoms with Gasteiger partial charge in [0.2, 0.25) is 21.8 Å². The predicted octanol–water partition coefficient (Wildman–Crippen LogP) is 5.71. The summed E-state index contributed by atoms with van der Waals surface area (Å²) in [5, 5.41) is 3.75. The third-order valence-corrected chi connectivity index (χ3v) is 8.47. The lowest BCUT2D eigenvalue weighted by Gasteiger charge is -2.34. The third-order valence-electron chi connectivity index (χ3n) is 6.74. The van der Waals surface area contributed by atoms with Gasteiger partial charge in [-0.25, -0.2) is 8.42 Å². The first kappa shape index (κ1) is 33.2. The lowest BCUT2D eigenvalue weighted by molar-refractivity contribution is -0.140. The molecule has 8 nitrogen and oxygen atoms in total. The minimum Gasteiger partial charge on any atom is -0.494 e. The minimum atomic E-state index is -3.89. The summed E-state index contributed by atoms with van der Waals surface area (Å²) in [7, 11) is -3.89. The second-order valence-corrected chi connectivity index (χ2v) is 12.7. The smallest absolute Gasteiger partial charge is 0.244 e. The van der Waals surface area contributed by atoms with Crippen LogP contribution < -0.4 is 14.4 Å². The van der Waals surface area contributed by atoms with Crippen molar-refractivity contribution in [3.05, 3.63) is 94.0 Å². The molecule has 0 radical (unpaired) electrons. The zero-order valence-corrected chi connectivity index (χ0v) is 26.5. The second-order valence-electron chi connectivity index (χ2n) is 9.98. The summed E-state index contributed by atoms with van der Waals surface area (Å²) in [4.78, 5) is 29.3. The molecule has 11 heteroatoms. The number of rotatable bonds is 14. The molecule has 0 bridgehead atoms. The molecule has 0 aliphatic heterocycles. The minimum absolute atomic E-state index is 0.0405. The van der Waals surface area contributed by atoms with Crippen LogP contribution in [0.5, 0.6) is 5.75 Å². The van der Waals surface area contributed by atoms with Gasteiger partial charge in [0.25, 0.3) is 0 Å². The van der Waals surface area contributed by atoms with E-state index < -0.39 is 28.5 Å². The van der Waals surface area contributed by atoms with Crippen molar-refractivity contribution in [3.8, 4) is 5.75 Å². The maximum atomic E-state index is 14.2. The van der Waals surface area contributed by atoms with Crippen LogP contribution in [0.3, 0.4) is 0 Å². The molecule has 1 N–H and O–H groups in total. The van der Waals surface area contributed by atoms with Gasteiger partial charge in [-0.15, -0.1) is 0 Å². The van der Waals surface area contributed by atoms with Gasteiger partial charge in [0.05, 0.1) is 18.6 Å². The predicted molar refractivity (Wildman–Crippen MR) is 169 cm³/mol. The van der Waals surface area contributed by atoms with Crippen molar-refractivity contribution < 1.29 is 22.7 Å². The average Bonchev–Trinajstić information content (AvgIpc) is 2.95. The van der Waals surface area contributed by atoms with E-state index in [1.165, 1.54) is 4.90 Å². The molecule has 3 aromatic carbocycles. The number of benzene rings is 3. The number of carbonyl (C=O) groups is 2. The fourth-order valence-electron chi connectivity index (χ4n) is 4.32. The van der Waals surface area contributed by atoms with Gasteiger partial charge >= 0.3 is 0 Å². The Balaban J connectivity index is 2.07. The lowest BCUT2D eigenvalue weighted by Crippen LogP contribution is -2.54. The molecule has 0 aliphatic carbocycles. The van der Waals surface area contributed by atoms with Crippen molar-refractivity contribution in [2.75, 3.05) is 23.7 Å². The van der Waals surface area contributed by atoms with Crippen molar-refractivity contribution in [1.82, 2.24) is 10.2 Å². The molecule has 0 unspecified atom stereocenters. The van der Waals surface area contributed by atoms with E-state index in [-0.39, 0.29) is 24.9 Å². The van der Waals surface area contributed by atoms with Crippen molar-refractivity contribution >= 4 is 50.7 Å². The standard InChI is InChI=1S/C31H37Cl2N3O5S/c1-5-22(3)34-31(38)29(18-23-10-8-7-9-11-23)35(20-24-12-13-25(32)19-28(24)33)30(37)21-36(42(4,39)40)26-14-16-27(17-15-26)41-6-2/h7-17,19,22,29H,5-6,18,20-21H2,1-4H3,(H,34,38)/t22-,29-/m0/s1. The Bertz CT molecular complexity index is 1450. The van der Waals surface area contributed by atoms with Gasteiger partial charge in [-0.2, -0.15) is 0 Å². The summed E-state index contributed by atoms with van der Waals surface area (Å²) < 4.78 is 32.4. The SMILES string of the molecule is CCOc1ccc(N(CC(=O)N(Cc2ccc(Cl)cc2Cl)[C@@H](Cc2ccccc2)C(=O)N[C@@H](C)CC)S(C)(=O)=O)cc1. The van der Waals surface area contributed by atoms with Crippen molar-refractivity contribution in [2.45, 2.75) is 52.2 Å². The number of carbonyl (C=O) groups excluding carboxylic acids is 2. The molecule has 0 aromatic heterocycles. The van der Waals surface area contributed by atoms with Crippen LogP contribution in [-0.4, -0.2) is 56.6 Å². The van der Waals surface area contributed by atoms with Gasteiger partial charge in [0, 0.05) is 29.1 Å². The normalized spacial score (nSPS) is 12.7. The summed E-state index contributed by atoms with van der Waals surface area (Å²) in [6, 6.07) is 19.6. The van der Waals surface area contributed by atoms with E-state index in [1.54, 1.807) is 42.5 Å². The number of nitrogens with zero attached hydrogens (tertiary/aromatic N) is 2. The first-order valence-electron chi connectivity index (χ1n) is 13.7. The molecule has 0 saturated carbocycles. The number of halogens is 2. The molecule has 3 rings (SSSR count). The number of anilines is 1. The van der Waals surface area contributed by atoms with Crippen LogP contribution in [0.2, 0.25) is 10.0 Å². The molecule has 0 saturated heterocycles. The molecule has 0 heterocycles. The van der Waals surface area contributed by atoms with Crippen LogP contribution in [0.25, 0.3) is 0 Å². The number of sulfonamides is 1. The molecule has 42 heavy (non-hydrogen) atoms. The van der Waals surface area contributed by atoms with Gasteiger partial charge in [-0.1, -0.05) is 66.5 Å². The van der Waals surface area contributed by atoms with E-state index in [2.05, 4.69) is 5.32 Å². The zero-order valence-electron chi connectivity index (χ0n) is 24.2. The van der Waals surface area contributed by atoms with Crippen LogP contribution >= 0.6 is 23.2 Å². The van der Waals surface area contributed by atoms with Crippen LogP contribution in [-0.2, 0) is 32.6 Å². The summed E-state index contributed by atoms with van der Waals surface area (Å²) in [6.07, 6.45) is 1.94. The highest BCUT2D eigenvalue weighted by Crippen LogP contribution is 2.26. The van der Waals surface area contributed by atoms with Crippen LogP contribution in [0.4, 0.5) is 5.69 Å². The zero-order chi connectivity index (χ0) is 30.9. The molecule has 3 aromatic rings. The van der Waals surface area contributed by atoms with Crippen LogP contribution in [0.15, 0.2) is 72.8 Å². The molecule has 0 aliphatic rings. The van der Waals surface area contributed by atoms with E-state index >= 15 is 0 Å². The Kier molecular flexibility index (Phi) is 12.1. The molecule has 2 amide bonds. The number of ether oxygens (including phenoxy) is 1. The van der Waals surface area contributed by atoms with E-state index in [1.807, 2.05) is 51.1 Å². The van der Waals surface area contributed by atoms with Gasteiger partial charge in [0.1, 0.15) is 18.3 Å². The van der Waals surface area contributed by atoms with Crippen LogP contribution in [0, 0.1) is 0 Å². The Morgan fingerprint density at radius 1 is 0.976 bits per heavy atom. The molecule has 0 spiro atoms.